The Morgan fingerprint density at radius 1 is 0.839 bits per heavy atom. The largest absolute Gasteiger partial charge is 0.345 e. The molecule has 31 heavy (non-hydrogen) atoms. The predicted molar refractivity (Wildman–Crippen MR) is 128 cm³/mol. The molecule has 3 nitrogen and oxygen atoms in total. The molecule has 0 aliphatic heterocycles. The molecule has 0 N–H and O–H groups in total. The van der Waals surface area contributed by atoms with Crippen molar-refractivity contribution in [3.63, 3.8) is 0 Å². The number of unbranched alkanes of at least 4 members (excludes halogenated alkanes) is 2. The number of carbonyl (C=O) groups is 1. The third-order valence-corrected chi connectivity index (χ3v) is 5.81. The Labute approximate surface area is 184 Å². The zero-order valence-corrected chi connectivity index (χ0v) is 18.2. The van der Waals surface area contributed by atoms with Gasteiger partial charge in [0.15, 0.2) is 0 Å². The van der Waals surface area contributed by atoms with Crippen LogP contribution in [0.2, 0.25) is 0 Å². The third-order valence-electron chi connectivity index (χ3n) is 5.81. The van der Waals surface area contributed by atoms with Crippen LogP contribution in [0.25, 0.3) is 10.8 Å². The van der Waals surface area contributed by atoms with Crippen molar-refractivity contribution in [3.8, 4) is 0 Å². The van der Waals surface area contributed by atoms with Gasteiger partial charge in [-0.1, -0.05) is 86.5 Å². The van der Waals surface area contributed by atoms with Crippen LogP contribution in [0, 0.1) is 0 Å². The highest BCUT2D eigenvalue weighted by Gasteiger charge is 2.19. The van der Waals surface area contributed by atoms with Crippen molar-refractivity contribution in [1.29, 1.82) is 0 Å². The number of aromatic nitrogens is 1. The second kappa shape index (κ2) is 10.1. The molecular weight excluding hydrogens is 380 g/mol. The van der Waals surface area contributed by atoms with E-state index >= 15 is 0 Å². The van der Waals surface area contributed by atoms with Crippen LogP contribution in [0.3, 0.4) is 0 Å². The maximum atomic E-state index is 13.7. The first kappa shape index (κ1) is 20.9. The summed E-state index contributed by atoms with van der Waals surface area (Å²) >= 11 is 0. The summed E-state index contributed by atoms with van der Waals surface area (Å²) in [6, 6.07) is 28.8. The smallest absolute Gasteiger partial charge is 0.254 e. The third kappa shape index (κ3) is 5.05. The number of carbonyl (C=O) groups excluding carboxylic acids is 1. The lowest BCUT2D eigenvalue weighted by atomic mass is 10.0. The maximum absolute atomic E-state index is 13.7. The van der Waals surface area contributed by atoms with E-state index in [0.29, 0.717) is 6.54 Å². The van der Waals surface area contributed by atoms with E-state index in [-0.39, 0.29) is 5.91 Å². The van der Waals surface area contributed by atoms with Gasteiger partial charge in [-0.15, -0.1) is 0 Å². The lowest BCUT2D eigenvalue weighted by Gasteiger charge is -2.24. The van der Waals surface area contributed by atoms with Crippen LogP contribution in [-0.2, 0) is 13.1 Å². The molecule has 4 rings (SSSR count). The molecule has 0 unspecified atom stereocenters. The van der Waals surface area contributed by atoms with Crippen LogP contribution in [0.15, 0.2) is 91.1 Å². The highest BCUT2D eigenvalue weighted by Crippen LogP contribution is 2.22. The number of hydrogen-bond acceptors (Lipinski definition) is 1. The monoisotopic (exact) mass is 410 g/mol. The predicted octanol–water partition coefficient (Wildman–Crippen LogP) is 6.52. The number of amides is 1. The second-order valence-corrected chi connectivity index (χ2v) is 8.07. The maximum Gasteiger partial charge on any atom is 0.254 e. The Bertz CT molecular complexity index is 1120. The molecule has 0 saturated heterocycles. The van der Waals surface area contributed by atoms with Gasteiger partial charge in [-0.25, -0.2) is 0 Å². The van der Waals surface area contributed by atoms with Crippen LogP contribution in [0.5, 0.6) is 0 Å². The number of hydrogen-bond donors (Lipinski definition) is 0. The van der Waals surface area contributed by atoms with Crippen molar-refractivity contribution in [2.45, 2.75) is 39.3 Å². The molecule has 158 valence electrons. The van der Waals surface area contributed by atoms with Crippen LogP contribution < -0.4 is 0 Å². The van der Waals surface area contributed by atoms with Crippen LogP contribution >= 0.6 is 0 Å². The van der Waals surface area contributed by atoms with Crippen LogP contribution in [0.1, 0.15) is 47.8 Å². The van der Waals surface area contributed by atoms with Gasteiger partial charge in [-0.2, -0.15) is 0 Å². The van der Waals surface area contributed by atoms with Gasteiger partial charge in [-0.3, -0.25) is 4.79 Å². The molecule has 0 fully saturated rings. The van der Waals surface area contributed by atoms with Crippen molar-refractivity contribution in [2.24, 2.45) is 0 Å². The summed E-state index contributed by atoms with van der Waals surface area (Å²) in [5.41, 5.74) is 3.21. The summed E-state index contributed by atoms with van der Waals surface area (Å²) in [5.74, 6) is 0.111. The van der Waals surface area contributed by atoms with E-state index in [1.54, 1.807) is 0 Å². The summed E-state index contributed by atoms with van der Waals surface area (Å²) in [6.45, 7) is 4.40. The highest BCUT2D eigenvalue weighted by atomic mass is 16.2. The van der Waals surface area contributed by atoms with Crippen molar-refractivity contribution in [1.82, 2.24) is 9.47 Å². The summed E-state index contributed by atoms with van der Waals surface area (Å²) in [4.78, 5) is 15.7. The molecule has 0 saturated carbocycles. The average Bonchev–Trinajstić information content (AvgIpc) is 3.25. The van der Waals surface area contributed by atoms with Gasteiger partial charge in [0.05, 0.1) is 6.54 Å². The average molecular weight is 411 g/mol. The van der Waals surface area contributed by atoms with E-state index in [2.05, 4.69) is 66.2 Å². The standard InChI is InChI=1S/C28H30N2O/c1-2-3-9-19-30(28(31)27-18-10-15-24-14-7-8-17-26(24)27)22-25-16-11-20-29(25)21-23-12-5-4-6-13-23/h4-8,10-18,20H,2-3,9,19,21-22H2,1H3. The fourth-order valence-corrected chi connectivity index (χ4v) is 4.11. The molecule has 3 aromatic carbocycles. The first-order valence-corrected chi connectivity index (χ1v) is 11.2. The molecule has 0 aliphatic rings. The van der Waals surface area contributed by atoms with Gasteiger partial charge in [0.2, 0.25) is 0 Å². The Balaban J connectivity index is 1.60. The molecule has 0 radical (unpaired) electrons. The summed E-state index contributed by atoms with van der Waals surface area (Å²) in [7, 11) is 0. The number of nitrogens with zero attached hydrogens (tertiary/aromatic N) is 2. The van der Waals surface area contributed by atoms with Gasteiger partial charge in [0.25, 0.3) is 5.91 Å². The van der Waals surface area contributed by atoms with Crippen molar-refractivity contribution in [2.75, 3.05) is 6.54 Å². The van der Waals surface area contributed by atoms with Gasteiger partial charge in [0.1, 0.15) is 0 Å². The van der Waals surface area contributed by atoms with E-state index in [1.807, 2.05) is 41.3 Å². The highest BCUT2D eigenvalue weighted by molar-refractivity contribution is 6.07. The van der Waals surface area contributed by atoms with Gasteiger partial charge >= 0.3 is 0 Å². The second-order valence-electron chi connectivity index (χ2n) is 8.07. The molecule has 0 bridgehead atoms. The summed E-state index contributed by atoms with van der Waals surface area (Å²) in [5, 5.41) is 2.13. The molecule has 1 heterocycles. The zero-order valence-electron chi connectivity index (χ0n) is 18.2. The SMILES string of the molecule is CCCCCN(Cc1cccn1Cc1ccccc1)C(=O)c1cccc2ccccc12. The number of benzene rings is 3. The first-order valence-electron chi connectivity index (χ1n) is 11.2. The Morgan fingerprint density at radius 3 is 2.45 bits per heavy atom. The summed E-state index contributed by atoms with van der Waals surface area (Å²) in [6.07, 6.45) is 5.40. The number of fused-ring (bicyclic) bond motifs is 1. The van der Waals surface area contributed by atoms with Crippen LogP contribution in [-0.4, -0.2) is 21.9 Å². The van der Waals surface area contributed by atoms with Gasteiger partial charge in [0, 0.05) is 30.5 Å². The molecule has 3 heteroatoms. The van der Waals surface area contributed by atoms with E-state index in [1.165, 1.54) is 5.56 Å². The van der Waals surface area contributed by atoms with Crippen molar-refractivity contribution < 1.29 is 4.79 Å². The molecule has 4 aromatic rings. The topological polar surface area (TPSA) is 25.2 Å². The molecule has 1 amide bonds. The molecule has 0 aliphatic carbocycles. The van der Waals surface area contributed by atoms with E-state index < -0.39 is 0 Å². The summed E-state index contributed by atoms with van der Waals surface area (Å²) < 4.78 is 2.25. The zero-order chi connectivity index (χ0) is 21.5. The minimum absolute atomic E-state index is 0.111. The molecule has 0 atom stereocenters. The first-order chi connectivity index (χ1) is 15.3. The Kier molecular flexibility index (Phi) is 6.83. The lowest BCUT2D eigenvalue weighted by Crippen LogP contribution is -2.32. The van der Waals surface area contributed by atoms with Crippen molar-refractivity contribution in [3.05, 3.63) is 108 Å². The normalized spacial score (nSPS) is 11.0. The number of rotatable bonds is 9. The fourth-order valence-electron chi connectivity index (χ4n) is 4.11. The molecule has 1 aromatic heterocycles. The quantitative estimate of drug-likeness (QED) is 0.288. The molecule has 0 spiro atoms. The van der Waals surface area contributed by atoms with Gasteiger partial charge < -0.3 is 9.47 Å². The minimum atomic E-state index is 0.111. The van der Waals surface area contributed by atoms with E-state index in [9.17, 15) is 4.79 Å². The van der Waals surface area contributed by atoms with Gasteiger partial charge in [-0.05, 0) is 41.0 Å². The minimum Gasteiger partial charge on any atom is -0.345 e. The fraction of sp³-hybridized carbons (Fsp3) is 0.250. The van der Waals surface area contributed by atoms with E-state index in [4.69, 9.17) is 0 Å². The molecular formula is C28H30N2O. The Hall–Kier alpha value is -3.33. The van der Waals surface area contributed by atoms with Crippen LogP contribution in [0.4, 0.5) is 0 Å². The van der Waals surface area contributed by atoms with E-state index in [0.717, 1.165) is 54.4 Å². The van der Waals surface area contributed by atoms with Crippen molar-refractivity contribution >= 4 is 16.7 Å². The lowest BCUT2D eigenvalue weighted by molar-refractivity contribution is 0.0738. The Morgan fingerprint density at radius 2 is 1.61 bits per heavy atom.